The van der Waals surface area contributed by atoms with E-state index in [1.54, 1.807) is 0 Å². The van der Waals surface area contributed by atoms with Crippen molar-refractivity contribution in [1.82, 2.24) is 0 Å². The minimum atomic E-state index is -0.297. The van der Waals surface area contributed by atoms with Crippen LogP contribution < -0.4 is 0 Å². The van der Waals surface area contributed by atoms with Crippen molar-refractivity contribution in [2.24, 2.45) is 0 Å². The molecular weight excluding hydrogens is 767 g/mol. The molecule has 0 unspecified atom stereocenters. The van der Waals surface area contributed by atoms with Crippen LogP contribution in [0.3, 0.4) is 0 Å². The number of hydrogen-bond acceptors (Lipinski definition) is 0. The molecule has 1 heteroatoms. The molecule has 0 N–H and O–H groups in total. The van der Waals surface area contributed by atoms with E-state index in [1.807, 2.05) is 0 Å². The van der Waals surface area contributed by atoms with E-state index in [0.29, 0.717) is 0 Å². The van der Waals surface area contributed by atoms with Crippen LogP contribution in [0.1, 0.15) is 33.4 Å². The fraction of sp³-hybridized carbons (Fsp3) is 0.102. The Morgan fingerprint density at radius 2 is 0.840 bits per heavy atom. The van der Waals surface area contributed by atoms with E-state index >= 15 is 0 Å². The number of rotatable bonds is 8. The molecule has 50 heavy (non-hydrogen) atoms. The van der Waals surface area contributed by atoms with Crippen LogP contribution in [-0.2, 0) is 44.1 Å². The van der Waals surface area contributed by atoms with Crippen molar-refractivity contribution in [3.8, 4) is 22.3 Å². The summed E-state index contributed by atoms with van der Waals surface area (Å²) in [6.45, 7) is 4.35. The van der Waals surface area contributed by atoms with Crippen LogP contribution >= 0.6 is 0 Å². The second kappa shape index (κ2) is 15.5. The molecule has 0 saturated carbocycles. The van der Waals surface area contributed by atoms with Crippen LogP contribution in [0, 0.1) is 28.7 Å². The first-order valence-corrected chi connectivity index (χ1v) is 16.7. The van der Waals surface area contributed by atoms with Crippen molar-refractivity contribution < 1.29 is 25.8 Å². The van der Waals surface area contributed by atoms with E-state index in [1.165, 1.54) is 77.2 Å². The average molecular weight is 811 g/mol. The van der Waals surface area contributed by atoms with Gasteiger partial charge in [-0.3, -0.25) is 0 Å². The molecule has 8 rings (SSSR count). The summed E-state index contributed by atoms with van der Waals surface area (Å²) in [5, 5.41) is 5.22. The Balaban J connectivity index is 0.00000162. The first kappa shape index (κ1) is 36.7. The summed E-state index contributed by atoms with van der Waals surface area (Å²) in [6.07, 6.45) is 1.80. The molecule has 0 fully saturated rings. The molecule has 0 amide bonds. The molecule has 0 spiro atoms. The molecule has 0 saturated heterocycles. The number of benzene rings is 6. The summed E-state index contributed by atoms with van der Waals surface area (Å²) in [6, 6.07) is 63.4. The van der Waals surface area contributed by atoms with Crippen molar-refractivity contribution in [2.75, 3.05) is 0 Å². The second-order valence-electron chi connectivity index (χ2n) is 13.3. The average Bonchev–Trinajstić information content (AvgIpc) is 3.75. The van der Waals surface area contributed by atoms with Gasteiger partial charge >= 0.3 is 25.8 Å². The largest absolute Gasteiger partial charge is 4.00 e. The minimum Gasteiger partial charge on any atom is -0.358 e. The van der Waals surface area contributed by atoms with Gasteiger partial charge in [0.2, 0.25) is 0 Å². The van der Waals surface area contributed by atoms with Crippen molar-refractivity contribution in [3.05, 3.63) is 218 Å². The Labute approximate surface area is 318 Å². The predicted octanol–water partition coefficient (Wildman–Crippen LogP) is 13.1. The molecule has 0 aliphatic carbocycles. The first-order valence-electron chi connectivity index (χ1n) is 16.7. The fourth-order valence-electron chi connectivity index (χ4n) is 7.68. The maximum Gasteiger partial charge on any atom is 4.00 e. The first-order chi connectivity index (χ1) is 23.1. The molecule has 0 aliphatic heterocycles. The minimum absolute atomic E-state index is 0. The van der Waals surface area contributed by atoms with Crippen molar-refractivity contribution in [3.63, 3.8) is 0 Å². The van der Waals surface area contributed by atoms with Crippen LogP contribution in [-0.4, -0.2) is 0 Å². The molecule has 244 valence electrons. The van der Waals surface area contributed by atoms with Gasteiger partial charge in [-0.25, -0.2) is 0 Å². The Morgan fingerprint density at radius 3 is 1.24 bits per heavy atom. The normalized spacial score (nSPS) is 11.1. The van der Waals surface area contributed by atoms with Crippen molar-refractivity contribution >= 4 is 21.5 Å². The van der Waals surface area contributed by atoms with Gasteiger partial charge in [0.15, 0.2) is 0 Å². The van der Waals surface area contributed by atoms with Gasteiger partial charge in [0, 0.05) is 0 Å². The van der Waals surface area contributed by atoms with E-state index in [0.717, 1.165) is 12.8 Å². The Kier molecular flexibility index (Phi) is 11.4. The summed E-state index contributed by atoms with van der Waals surface area (Å²) in [5.41, 5.74) is 12.8. The van der Waals surface area contributed by atoms with E-state index in [4.69, 9.17) is 0 Å². The van der Waals surface area contributed by atoms with Gasteiger partial charge in [0.1, 0.15) is 0 Å². The standard InChI is InChI=1S/C47H38.2CH3.Hf/c1-33-13-9-19-37(25-33)43-23-11-21-39-27-41(29-45(39)43)47(31-35-15-5-3-6-16-35,32-36-17-7-4-8-18-36)42-28-40-22-12-24-44(46(40)30-42)38-20-10-14-34(2)26-38;;;/h3-30H,31-32H2,1-2H3;2*1H3;/q-2;2*-1;+4. The Bertz CT molecular complexity index is 2150. The monoisotopic (exact) mass is 812 g/mol. The van der Waals surface area contributed by atoms with Crippen LogP contribution in [0.4, 0.5) is 0 Å². The van der Waals surface area contributed by atoms with Crippen molar-refractivity contribution in [2.45, 2.75) is 32.1 Å². The zero-order valence-corrected chi connectivity index (χ0v) is 33.2. The molecule has 0 bridgehead atoms. The van der Waals surface area contributed by atoms with Crippen LogP contribution in [0.5, 0.6) is 0 Å². The van der Waals surface area contributed by atoms with Gasteiger partial charge in [-0.05, 0) is 54.4 Å². The quantitative estimate of drug-likeness (QED) is 0.106. The number of hydrogen-bond donors (Lipinski definition) is 0. The summed E-state index contributed by atoms with van der Waals surface area (Å²) in [5.74, 6) is 0. The summed E-state index contributed by atoms with van der Waals surface area (Å²) >= 11 is 0. The molecule has 0 aromatic heterocycles. The number of aryl methyl sites for hydroxylation is 2. The van der Waals surface area contributed by atoms with E-state index in [-0.39, 0.29) is 46.1 Å². The fourth-order valence-corrected chi connectivity index (χ4v) is 7.68. The summed E-state index contributed by atoms with van der Waals surface area (Å²) in [7, 11) is 0. The van der Waals surface area contributed by atoms with Gasteiger partial charge in [-0.15, -0.1) is 69.1 Å². The van der Waals surface area contributed by atoms with Gasteiger partial charge in [-0.1, -0.05) is 144 Å². The summed E-state index contributed by atoms with van der Waals surface area (Å²) < 4.78 is 0. The van der Waals surface area contributed by atoms with Crippen LogP contribution in [0.15, 0.2) is 170 Å². The van der Waals surface area contributed by atoms with Crippen LogP contribution in [0.2, 0.25) is 0 Å². The van der Waals surface area contributed by atoms with Gasteiger partial charge in [0.25, 0.3) is 0 Å². The molecule has 0 atom stereocenters. The third kappa shape index (κ3) is 7.03. The van der Waals surface area contributed by atoms with Crippen LogP contribution in [0.25, 0.3) is 43.8 Å². The number of fused-ring (bicyclic) bond motifs is 2. The van der Waals surface area contributed by atoms with E-state index in [2.05, 4.69) is 184 Å². The zero-order chi connectivity index (χ0) is 31.8. The zero-order valence-electron chi connectivity index (χ0n) is 29.6. The molecule has 0 heterocycles. The Hall–Kier alpha value is -4.59. The molecule has 8 aromatic carbocycles. The predicted molar refractivity (Wildman–Crippen MR) is 213 cm³/mol. The van der Waals surface area contributed by atoms with E-state index < -0.39 is 0 Å². The maximum absolute atomic E-state index is 2.50. The smallest absolute Gasteiger partial charge is 0.358 e. The van der Waals surface area contributed by atoms with Gasteiger partial charge in [0.05, 0.1) is 0 Å². The molecule has 0 radical (unpaired) electrons. The second-order valence-corrected chi connectivity index (χ2v) is 13.3. The third-order valence-electron chi connectivity index (χ3n) is 9.96. The summed E-state index contributed by atoms with van der Waals surface area (Å²) in [4.78, 5) is 0. The van der Waals surface area contributed by atoms with Crippen molar-refractivity contribution in [1.29, 1.82) is 0 Å². The Morgan fingerprint density at radius 1 is 0.440 bits per heavy atom. The maximum atomic E-state index is 2.50. The van der Waals surface area contributed by atoms with Gasteiger partial charge in [-0.2, -0.15) is 12.1 Å². The molecule has 8 aromatic rings. The molecular formula is C49H44Hf. The molecule has 0 aliphatic rings. The van der Waals surface area contributed by atoms with E-state index in [9.17, 15) is 0 Å². The molecule has 0 nitrogen and oxygen atoms in total. The third-order valence-corrected chi connectivity index (χ3v) is 9.96. The topological polar surface area (TPSA) is 0 Å². The van der Waals surface area contributed by atoms with Gasteiger partial charge < -0.3 is 14.9 Å². The SMILES string of the molecule is Cc1cccc(-c2cccc3[cH-]c(C(Cc4ccccc4)(Cc4ccccc4)c4cc5c(-c6cccc(C)c6)cccc5[cH-]4)cc23)c1.[CH3-].[CH3-].[Hf+4].